The van der Waals surface area contributed by atoms with E-state index in [1.165, 1.54) is 18.2 Å². The van der Waals surface area contributed by atoms with Crippen LogP contribution in [0.25, 0.3) is 0 Å². The van der Waals surface area contributed by atoms with Crippen molar-refractivity contribution in [2.24, 2.45) is 11.7 Å². The molecule has 0 unspecified atom stereocenters. The number of rotatable bonds is 5. The average Bonchev–Trinajstić information content (AvgIpc) is 2.26. The van der Waals surface area contributed by atoms with Crippen molar-refractivity contribution in [1.82, 2.24) is 0 Å². The maximum absolute atomic E-state index is 12.1. The Balaban J connectivity index is 2.84. The van der Waals surface area contributed by atoms with Crippen molar-refractivity contribution < 1.29 is 23.0 Å². The molecule has 0 heterocycles. The van der Waals surface area contributed by atoms with E-state index >= 15 is 0 Å². The molecule has 0 aliphatic rings. The number of alkyl halides is 3. The van der Waals surface area contributed by atoms with Crippen LogP contribution in [0.5, 0.6) is 5.75 Å². The Morgan fingerprint density at radius 1 is 1.29 bits per heavy atom. The van der Waals surface area contributed by atoms with Gasteiger partial charge in [-0.3, -0.25) is 0 Å². The highest BCUT2D eigenvalue weighted by Gasteiger charge is 2.32. The summed E-state index contributed by atoms with van der Waals surface area (Å²) >= 11 is 0. The van der Waals surface area contributed by atoms with Crippen LogP contribution >= 0.6 is 0 Å². The Bertz CT molecular complexity index is 351. The Morgan fingerprint density at radius 3 is 2.47 bits per heavy atom. The van der Waals surface area contributed by atoms with Crippen molar-refractivity contribution in [2.45, 2.75) is 12.8 Å². The van der Waals surface area contributed by atoms with Gasteiger partial charge in [0.2, 0.25) is 0 Å². The second kappa shape index (κ2) is 5.88. The number of aliphatic hydroxyl groups excluding tert-OH is 1. The molecule has 0 saturated carbocycles. The van der Waals surface area contributed by atoms with Crippen molar-refractivity contribution in [3.8, 4) is 5.75 Å². The van der Waals surface area contributed by atoms with Crippen molar-refractivity contribution >= 4 is 0 Å². The van der Waals surface area contributed by atoms with Gasteiger partial charge in [-0.2, -0.15) is 0 Å². The van der Waals surface area contributed by atoms with Gasteiger partial charge in [0.25, 0.3) is 0 Å². The van der Waals surface area contributed by atoms with Crippen LogP contribution in [0.1, 0.15) is 5.56 Å². The number of aliphatic hydroxyl groups is 1. The third-order valence-electron chi connectivity index (χ3n) is 2.30. The number of nitrogens with two attached hydrogens (primary N) is 1. The maximum atomic E-state index is 12.1. The van der Waals surface area contributed by atoms with Gasteiger partial charge in [0, 0.05) is 6.61 Å². The highest BCUT2D eigenvalue weighted by Crippen LogP contribution is 2.27. The average molecular weight is 249 g/mol. The minimum atomic E-state index is -4.71. The SMILES string of the molecule is NC[C@@H](CO)Cc1ccccc1OC(F)(F)F. The number of benzene rings is 1. The molecule has 0 bridgehead atoms. The predicted octanol–water partition coefficient (Wildman–Crippen LogP) is 1.69. The molecule has 1 aromatic carbocycles. The van der Waals surface area contributed by atoms with E-state index in [1.54, 1.807) is 6.07 Å². The molecule has 3 N–H and O–H groups in total. The first-order valence-corrected chi connectivity index (χ1v) is 5.11. The summed E-state index contributed by atoms with van der Waals surface area (Å²) in [4.78, 5) is 0. The predicted molar refractivity (Wildman–Crippen MR) is 56.5 cm³/mol. The number of halogens is 3. The molecule has 1 atom stereocenters. The molecule has 1 rings (SSSR count). The number of hydrogen-bond acceptors (Lipinski definition) is 3. The number of hydrogen-bond donors (Lipinski definition) is 2. The van der Waals surface area contributed by atoms with Gasteiger partial charge >= 0.3 is 6.36 Å². The van der Waals surface area contributed by atoms with E-state index in [0.717, 1.165) is 0 Å². The van der Waals surface area contributed by atoms with Crippen LogP contribution in [-0.4, -0.2) is 24.6 Å². The topological polar surface area (TPSA) is 55.5 Å². The van der Waals surface area contributed by atoms with Gasteiger partial charge in [0.1, 0.15) is 5.75 Å². The first-order valence-electron chi connectivity index (χ1n) is 5.11. The molecule has 0 spiro atoms. The summed E-state index contributed by atoms with van der Waals surface area (Å²) in [5.41, 5.74) is 5.77. The zero-order valence-corrected chi connectivity index (χ0v) is 9.07. The molecule has 96 valence electrons. The van der Waals surface area contributed by atoms with Crippen LogP contribution < -0.4 is 10.5 Å². The molecule has 6 heteroatoms. The van der Waals surface area contributed by atoms with Crippen molar-refractivity contribution in [1.29, 1.82) is 0 Å². The van der Waals surface area contributed by atoms with E-state index in [0.29, 0.717) is 5.56 Å². The molecule has 0 radical (unpaired) electrons. The van der Waals surface area contributed by atoms with E-state index in [4.69, 9.17) is 10.8 Å². The van der Waals surface area contributed by atoms with Crippen LogP contribution in [0.3, 0.4) is 0 Å². The molecule has 0 aliphatic carbocycles. The molecule has 0 aliphatic heterocycles. The molecule has 0 fully saturated rings. The van der Waals surface area contributed by atoms with E-state index in [9.17, 15) is 13.2 Å². The second-order valence-electron chi connectivity index (χ2n) is 3.64. The molecule has 0 amide bonds. The smallest absolute Gasteiger partial charge is 0.406 e. The van der Waals surface area contributed by atoms with Gasteiger partial charge in [-0.15, -0.1) is 13.2 Å². The summed E-state index contributed by atoms with van der Waals surface area (Å²) < 4.78 is 40.3. The highest BCUT2D eigenvalue weighted by molar-refractivity contribution is 5.33. The van der Waals surface area contributed by atoms with Gasteiger partial charge in [-0.1, -0.05) is 18.2 Å². The number of para-hydroxylation sites is 1. The lowest BCUT2D eigenvalue weighted by Gasteiger charge is -2.16. The maximum Gasteiger partial charge on any atom is 0.573 e. The lowest BCUT2D eigenvalue weighted by atomic mass is 9.99. The normalized spacial score (nSPS) is 13.5. The molecule has 0 saturated heterocycles. The van der Waals surface area contributed by atoms with Crippen LogP contribution in [0, 0.1) is 5.92 Å². The number of ether oxygens (including phenoxy) is 1. The van der Waals surface area contributed by atoms with E-state index in [1.807, 2.05) is 0 Å². The largest absolute Gasteiger partial charge is 0.573 e. The van der Waals surface area contributed by atoms with Gasteiger partial charge < -0.3 is 15.6 Å². The Morgan fingerprint density at radius 2 is 1.94 bits per heavy atom. The van der Waals surface area contributed by atoms with Crippen LogP contribution in [0.2, 0.25) is 0 Å². The fourth-order valence-electron chi connectivity index (χ4n) is 1.43. The second-order valence-corrected chi connectivity index (χ2v) is 3.64. The summed E-state index contributed by atoms with van der Waals surface area (Å²) in [6, 6.07) is 5.84. The van der Waals surface area contributed by atoms with Gasteiger partial charge in [-0.05, 0) is 30.5 Å². The van der Waals surface area contributed by atoms with E-state index < -0.39 is 6.36 Å². The van der Waals surface area contributed by atoms with Gasteiger partial charge in [0.05, 0.1) is 0 Å². The van der Waals surface area contributed by atoms with Crippen molar-refractivity contribution in [3.63, 3.8) is 0 Å². The zero-order chi connectivity index (χ0) is 12.9. The summed E-state index contributed by atoms with van der Waals surface area (Å²) in [5, 5.41) is 8.97. The third kappa shape index (κ3) is 4.62. The monoisotopic (exact) mass is 249 g/mol. The Hall–Kier alpha value is -1.27. The van der Waals surface area contributed by atoms with Crippen molar-refractivity contribution in [3.05, 3.63) is 29.8 Å². The van der Waals surface area contributed by atoms with Crippen LogP contribution in [-0.2, 0) is 6.42 Å². The quantitative estimate of drug-likeness (QED) is 0.835. The van der Waals surface area contributed by atoms with Gasteiger partial charge in [-0.25, -0.2) is 0 Å². The molecule has 3 nitrogen and oxygen atoms in total. The molecule has 1 aromatic rings. The Labute approximate surface area is 97.0 Å². The summed E-state index contributed by atoms with van der Waals surface area (Å²) in [6.07, 6.45) is -4.47. The zero-order valence-electron chi connectivity index (χ0n) is 9.07. The molecule has 17 heavy (non-hydrogen) atoms. The van der Waals surface area contributed by atoms with E-state index in [-0.39, 0.29) is 31.2 Å². The first-order chi connectivity index (χ1) is 7.96. The summed E-state index contributed by atoms with van der Waals surface area (Å²) in [7, 11) is 0. The van der Waals surface area contributed by atoms with E-state index in [2.05, 4.69) is 4.74 Å². The molecular weight excluding hydrogens is 235 g/mol. The summed E-state index contributed by atoms with van der Waals surface area (Å²) in [6.45, 7) is 0.0354. The highest BCUT2D eigenvalue weighted by atomic mass is 19.4. The Kier molecular flexibility index (Phi) is 4.77. The van der Waals surface area contributed by atoms with Gasteiger partial charge in [0.15, 0.2) is 0 Å². The first kappa shape index (κ1) is 13.8. The van der Waals surface area contributed by atoms with Crippen LogP contribution in [0.4, 0.5) is 13.2 Å². The fourth-order valence-corrected chi connectivity index (χ4v) is 1.43. The third-order valence-corrected chi connectivity index (χ3v) is 2.30. The van der Waals surface area contributed by atoms with Crippen LogP contribution in [0.15, 0.2) is 24.3 Å². The lowest BCUT2D eigenvalue weighted by molar-refractivity contribution is -0.274. The molecule has 0 aromatic heterocycles. The molecular formula is C11H14F3NO2. The standard InChI is InChI=1S/C11H14F3NO2/c12-11(13,14)17-10-4-2-1-3-9(10)5-8(6-15)7-16/h1-4,8,16H,5-7,15H2/t8-/m0/s1. The lowest BCUT2D eigenvalue weighted by Crippen LogP contribution is -2.22. The fraction of sp³-hybridized carbons (Fsp3) is 0.455. The minimum Gasteiger partial charge on any atom is -0.406 e. The minimum absolute atomic E-state index is 0.170. The van der Waals surface area contributed by atoms with Crippen molar-refractivity contribution in [2.75, 3.05) is 13.2 Å². The summed E-state index contributed by atoms with van der Waals surface area (Å²) in [5.74, 6) is -0.514.